The summed E-state index contributed by atoms with van der Waals surface area (Å²) in [5.41, 5.74) is 8.11. The van der Waals surface area contributed by atoms with E-state index in [4.69, 9.17) is 17.3 Å². The smallest absolute Gasteiger partial charge is 0.271 e. The molecule has 20 heavy (non-hydrogen) atoms. The number of nitrogens with two attached hydrogens (primary N) is 1. The van der Waals surface area contributed by atoms with Gasteiger partial charge in [-0.25, -0.2) is 4.98 Å². The zero-order valence-corrected chi connectivity index (χ0v) is 10.9. The Morgan fingerprint density at radius 3 is 2.75 bits per heavy atom. The zero-order valence-electron chi connectivity index (χ0n) is 10.1. The summed E-state index contributed by atoms with van der Waals surface area (Å²) in [5.74, 6) is 0.528. The first-order valence-corrected chi connectivity index (χ1v) is 6.12. The summed E-state index contributed by atoms with van der Waals surface area (Å²) < 4.78 is 0. The van der Waals surface area contributed by atoms with Gasteiger partial charge in [-0.2, -0.15) is 0 Å². The molecule has 1 heterocycles. The van der Waals surface area contributed by atoms with E-state index < -0.39 is 4.92 Å². The minimum atomic E-state index is -0.490. The van der Waals surface area contributed by atoms with Crippen molar-refractivity contribution in [2.24, 2.45) is 0 Å². The second-order valence-corrected chi connectivity index (χ2v) is 4.66. The summed E-state index contributed by atoms with van der Waals surface area (Å²) in [6.45, 7) is 0. The highest BCUT2D eigenvalue weighted by Gasteiger charge is 2.13. The Morgan fingerprint density at radius 1 is 1.30 bits per heavy atom. The molecular weight excluding hydrogens is 280 g/mol. The molecule has 1 aromatic heterocycles. The molecule has 0 fully saturated rings. The van der Waals surface area contributed by atoms with Gasteiger partial charge in [-0.15, -0.1) is 0 Å². The summed E-state index contributed by atoms with van der Waals surface area (Å²) in [6, 6.07) is 9.67. The third kappa shape index (κ3) is 1.96. The van der Waals surface area contributed by atoms with Gasteiger partial charge in [0.25, 0.3) is 5.69 Å². The van der Waals surface area contributed by atoms with Crippen LogP contribution >= 0.6 is 11.6 Å². The Kier molecular flexibility index (Phi) is 2.80. The highest BCUT2D eigenvalue weighted by molar-refractivity contribution is 6.35. The molecule has 0 atom stereocenters. The lowest BCUT2D eigenvalue weighted by atomic mass is 10.1. The molecule has 3 N–H and O–H groups in total. The van der Waals surface area contributed by atoms with Gasteiger partial charge >= 0.3 is 0 Å². The first-order valence-electron chi connectivity index (χ1n) is 5.75. The number of nitrogen functional groups attached to an aromatic ring is 1. The van der Waals surface area contributed by atoms with Crippen molar-refractivity contribution in [2.75, 3.05) is 5.73 Å². The maximum atomic E-state index is 10.7. The third-order valence-electron chi connectivity index (χ3n) is 2.96. The standard InChI is InChI=1S/C13H9ClN4O2/c14-9-2-1-3-11-12(9)17-13(16-11)8-5-4-7(18(19)20)6-10(8)15/h1-6H,15H2,(H,16,17). The molecule has 6 nitrogen and oxygen atoms in total. The molecule has 100 valence electrons. The molecule has 0 saturated heterocycles. The minimum Gasteiger partial charge on any atom is -0.398 e. The van der Waals surface area contributed by atoms with Crippen LogP contribution in [-0.2, 0) is 0 Å². The molecule has 3 aromatic rings. The molecule has 0 aliphatic carbocycles. The molecule has 7 heteroatoms. The van der Waals surface area contributed by atoms with Gasteiger partial charge in [-0.1, -0.05) is 17.7 Å². The number of nitro groups is 1. The summed E-state index contributed by atoms with van der Waals surface area (Å²) >= 11 is 6.06. The largest absolute Gasteiger partial charge is 0.398 e. The highest BCUT2D eigenvalue weighted by atomic mass is 35.5. The van der Waals surface area contributed by atoms with Gasteiger partial charge in [0.05, 0.1) is 15.5 Å². The van der Waals surface area contributed by atoms with Gasteiger partial charge in [0.2, 0.25) is 0 Å². The first-order chi connectivity index (χ1) is 9.56. The van der Waals surface area contributed by atoms with Crippen LogP contribution in [0.15, 0.2) is 36.4 Å². The topological polar surface area (TPSA) is 97.8 Å². The normalized spacial score (nSPS) is 10.8. The molecule has 0 unspecified atom stereocenters. The molecule has 0 amide bonds. The fourth-order valence-corrected chi connectivity index (χ4v) is 2.22. The van der Waals surface area contributed by atoms with Gasteiger partial charge in [0.1, 0.15) is 11.3 Å². The van der Waals surface area contributed by atoms with Gasteiger partial charge < -0.3 is 10.7 Å². The number of anilines is 1. The average molecular weight is 289 g/mol. The van der Waals surface area contributed by atoms with Crippen LogP contribution in [0, 0.1) is 10.1 Å². The molecule has 3 rings (SSSR count). The van der Waals surface area contributed by atoms with Gasteiger partial charge in [-0.05, 0) is 18.2 Å². The average Bonchev–Trinajstić information content (AvgIpc) is 2.83. The maximum absolute atomic E-state index is 10.7. The summed E-state index contributed by atoms with van der Waals surface area (Å²) in [6.07, 6.45) is 0. The van der Waals surface area contributed by atoms with Gasteiger partial charge in [0.15, 0.2) is 0 Å². The van der Waals surface area contributed by atoms with E-state index in [0.717, 1.165) is 5.52 Å². The van der Waals surface area contributed by atoms with Crippen molar-refractivity contribution in [2.45, 2.75) is 0 Å². The number of fused-ring (bicyclic) bond motifs is 1. The first kappa shape index (κ1) is 12.4. The molecule has 0 bridgehead atoms. The SMILES string of the molecule is Nc1cc([N+](=O)[O-])ccc1-c1nc2c(Cl)cccc2[nH]1. The van der Waals surface area contributed by atoms with E-state index in [1.807, 2.05) is 12.1 Å². The lowest BCUT2D eigenvalue weighted by Gasteiger charge is -2.01. The van der Waals surface area contributed by atoms with Crippen LogP contribution < -0.4 is 5.73 Å². The van der Waals surface area contributed by atoms with E-state index in [0.29, 0.717) is 21.9 Å². The second kappa shape index (κ2) is 4.50. The van der Waals surface area contributed by atoms with Crippen molar-refractivity contribution in [3.05, 3.63) is 51.5 Å². The number of non-ortho nitro benzene ring substituents is 1. The highest BCUT2D eigenvalue weighted by Crippen LogP contribution is 2.30. The number of aromatic amines is 1. The van der Waals surface area contributed by atoms with Crippen LogP contribution in [0.3, 0.4) is 0 Å². The van der Waals surface area contributed by atoms with E-state index in [1.54, 1.807) is 12.1 Å². The number of imidazole rings is 1. The number of halogens is 1. The van der Waals surface area contributed by atoms with E-state index in [1.165, 1.54) is 12.1 Å². The van der Waals surface area contributed by atoms with Crippen molar-refractivity contribution >= 4 is 34.0 Å². The van der Waals surface area contributed by atoms with Crippen molar-refractivity contribution < 1.29 is 4.92 Å². The lowest BCUT2D eigenvalue weighted by Crippen LogP contribution is -1.94. The second-order valence-electron chi connectivity index (χ2n) is 4.25. The number of hydrogen-bond acceptors (Lipinski definition) is 4. The van der Waals surface area contributed by atoms with Crippen LogP contribution in [0.5, 0.6) is 0 Å². The maximum Gasteiger partial charge on any atom is 0.271 e. The van der Waals surface area contributed by atoms with Crippen LogP contribution in [0.25, 0.3) is 22.4 Å². The molecule has 0 spiro atoms. The number of para-hydroxylation sites is 1. The molecule has 0 aliphatic heterocycles. The van der Waals surface area contributed by atoms with Crippen LogP contribution in [0.2, 0.25) is 5.02 Å². The van der Waals surface area contributed by atoms with Gasteiger partial charge in [0, 0.05) is 23.4 Å². The Bertz CT molecular complexity index is 828. The van der Waals surface area contributed by atoms with Crippen molar-refractivity contribution in [1.29, 1.82) is 0 Å². The van der Waals surface area contributed by atoms with Crippen LogP contribution in [-0.4, -0.2) is 14.9 Å². The Balaban J connectivity index is 2.16. The number of nitro benzene ring substituents is 1. The van der Waals surface area contributed by atoms with Crippen molar-refractivity contribution in [1.82, 2.24) is 9.97 Å². The number of hydrogen-bond donors (Lipinski definition) is 2. The van der Waals surface area contributed by atoms with E-state index in [2.05, 4.69) is 9.97 Å². The summed E-state index contributed by atoms with van der Waals surface area (Å²) in [4.78, 5) is 17.7. The monoisotopic (exact) mass is 288 g/mol. The van der Waals surface area contributed by atoms with Crippen molar-refractivity contribution in [3.8, 4) is 11.4 Å². The molecule has 0 aliphatic rings. The van der Waals surface area contributed by atoms with Crippen LogP contribution in [0.1, 0.15) is 0 Å². The van der Waals surface area contributed by atoms with E-state index in [-0.39, 0.29) is 11.4 Å². The number of nitrogens with one attached hydrogen (secondary N) is 1. The number of rotatable bonds is 2. The molecule has 0 radical (unpaired) electrons. The minimum absolute atomic E-state index is 0.0552. The Hall–Kier alpha value is -2.60. The lowest BCUT2D eigenvalue weighted by molar-refractivity contribution is -0.384. The van der Waals surface area contributed by atoms with E-state index >= 15 is 0 Å². The number of benzene rings is 2. The Morgan fingerprint density at radius 2 is 2.10 bits per heavy atom. The van der Waals surface area contributed by atoms with Gasteiger partial charge in [-0.3, -0.25) is 10.1 Å². The predicted molar refractivity (Wildman–Crippen MR) is 77.6 cm³/mol. The van der Waals surface area contributed by atoms with Crippen molar-refractivity contribution in [3.63, 3.8) is 0 Å². The molecular formula is C13H9ClN4O2. The number of aromatic nitrogens is 2. The number of nitrogens with zero attached hydrogens (tertiary/aromatic N) is 2. The Labute approximate surface area is 118 Å². The quantitative estimate of drug-likeness (QED) is 0.429. The fraction of sp³-hybridized carbons (Fsp3) is 0. The zero-order chi connectivity index (χ0) is 14.3. The predicted octanol–water partition coefficient (Wildman–Crippen LogP) is 3.37. The molecule has 0 saturated carbocycles. The third-order valence-corrected chi connectivity index (χ3v) is 3.27. The van der Waals surface area contributed by atoms with Crippen LogP contribution in [0.4, 0.5) is 11.4 Å². The summed E-state index contributed by atoms with van der Waals surface area (Å²) in [5, 5.41) is 11.2. The molecule has 2 aromatic carbocycles. The summed E-state index contributed by atoms with van der Waals surface area (Å²) in [7, 11) is 0. The van der Waals surface area contributed by atoms with E-state index in [9.17, 15) is 10.1 Å². The number of H-pyrrole nitrogens is 1. The fourth-order valence-electron chi connectivity index (χ4n) is 2.00.